The van der Waals surface area contributed by atoms with E-state index in [1.54, 1.807) is 0 Å². The van der Waals surface area contributed by atoms with E-state index in [4.69, 9.17) is 4.74 Å². The summed E-state index contributed by atoms with van der Waals surface area (Å²) in [6.07, 6.45) is 4.52. The zero-order valence-corrected chi connectivity index (χ0v) is 11.3. The molecule has 0 bridgehead atoms. The normalized spacial score (nSPS) is 20.2. The van der Waals surface area contributed by atoms with Crippen molar-refractivity contribution in [3.63, 3.8) is 0 Å². The van der Waals surface area contributed by atoms with Crippen molar-refractivity contribution in [1.82, 2.24) is 0 Å². The van der Waals surface area contributed by atoms with Crippen LogP contribution in [0.4, 0.5) is 0 Å². The first-order valence-corrected chi connectivity index (χ1v) is 7.25. The fourth-order valence-corrected chi connectivity index (χ4v) is 3.43. The first-order valence-electron chi connectivity index (χ1n) is 7.25. The topological polar surface area (TPSA) is 26.3 Å². The molecule has 0 saturated heterocycles. The summed E-state index contributed by atoms with van der Waals surface area (Å²) in [4.78, 5) is 12.0. The van der Waals surface area contributed by atoms with E-state index in [2.05, 4.69) is 18.2 Å². The fourth-order valence-electron chi connectivity index (χ4n) is 3.43. The van der Waals surface area contributed by atoms with Gasteiger partial charge >= 0.3 is 5.97 Å². The number of esters is 1. The first-order chi connectivity index (χ1) is 9.84. The first kappa shape index (κ1) is 11.7. The lowest BCUT2D eigenvalue weighted by atomic mass is 9.85. The molecule has 2 aliphatic rings. The second-order valence-electron chi connectivity index (χ2n) is 5.56. The minimum absolute atomic E-state index is 0.195. The van der Waals surface area contributed by atoms with Gasteiger partial charge in [-0.05, 0) is 42.9 Å². The summed E-state index contributed by atoms with van der Waals surface area (Å²) in [5.41, 5.74) is 5.73. The third-order valence-corrected chi connectivity index (χ3v) is 4.40. The van der Waals surface area contributed by atoms with Gasteiger partial charge in [-0.1, -0.05) is 36.4 Å². The number of hydrogen-bond acceptors (Lipinski definition) is 2. The average Bonchev–Trinajstić information content (AvgIpc) is 2.84. The molecule has 1 heterocycles. The molecule has 4 rings (SSSR count). The van der Waals surface area contributed by atoms with Crippen LogP contribution < -0.4 is 0 Å². The van der Waals surface area contributed by atoms with E-state index in [1.807, 2.05) is 24.3 Å². The van der Waals surface area contributed by atoms with Gasteiger partial charge in [0.1, 0.15) is 0 Å². The van der Waals surface area contributed by atoms with Crippen LogP contribution in [-0.4, -0.2) is 5.97 Å². The Morgan fingerprint density at radius 1 is 0.900 bits per heavy atom. The monoisotopic (exact) mass is 264 g/mol. The highest BCUT2D eigenvalue weighted by molar-refractivity contribution is 5.94. The number of cyclic esters (lactones) is 1. The van der Waals surface area contributed by atoms with Crippen LogP contribution in [0.1, 0.15) is 51.6 Å². The second kappa shape index (κ2) is 4.48. The van der Waals surface area contributed by atoms with Gasteiger partial charge < -0.3 is 4.74 Å². The molecule has 100 valence electrons. The van der Waals surface area contributed by atoms with Gasteiger partial charge in [0.15, 0.2) is 6.10 Å². The number of hydrogen-bond donors (Lipinski definition) is 0. The summed E-state index contributed by atoms with van der Waals surface area (Å²) in [7, 11) is 0. The smallest absolute Gasteiger partial charge is 0.339 e. The molecular formula is C18H16O2. The molecule has 2 aromatic rings. The Bertz CT molecular complexity index is 688. The molecule has 0 aromatic heterocycles. The predicted octanol–water partition coefficient (Wildman–Crippen LogP) is 3.83. The van der Waals surface area contributed by atoms with Crippen molar-refractivity contribution in [1.29, 1.82) is 0 Å². The molecule has 2 nitrogen and oxygen atoms in total. The van der Waals surface area contributed by atoms with E-state index < -0.39 is 0 Å². The Hall–Kier alpha value is -2.09. The van der Waals surface area contributed by atoms with Crippen LogP contribution in [-0.2, 0) is 17.6 Å². The third-order valence-electron chi connectivity index (χ3n) is 4.40. The Balaban J connectivity index is 1.85. The molecule has 2 heteroatoms. The molecule has 20 heavy (non-hydrogen) atoms. The van der Waals surface area contributed by atoms with E-state index in [9.17, 15) is 4.79 Å². The number of carbonyl (C=O) groups is 1. The van der Waals surface area contributed by atoms with Crippen molar-refractivity contribution in [2.45, 2.75) is 31.8 Å². The Kier molecular flexibility index (Phi) is 2.62. The quantitative estimate of drug-likeness (QED) is 0.732. The minimum atomic E-state index is -0.216. The predicted molar refractivity (Wildman–Crippen MR) is 76.8 cm³/mol. The molecule has 2 aromatic carbocycles. The largest absolute Gasteiger partial charge is 0.449 e. The van der Waals surface area contributed by atoms with E-state index in [-0.39, 0.29) is 12.1 Å². The Morgan fingerprint density at radius 2 is 1.70 bits per heavy atom. The van der Waals surface area contributed by atoms with Crippen molar-refractivity contribution in [2.24, 2.45) is 0 Å². The van der Waals surface area contributed by atoms with Gasteiger partial charge in [-0.2, -0.15) is 0 Å². The minimum Gasteiger partial charge on any atom is -0.449 e. The molecule has 0 fully saturated rings. The standard InChI is InChI=1S/C18H16O2/c19-18-16-10-4-3-9-15(16)17(20-18)14-11-5-7-12-6-1-2-8-13(12)14/h3-5,7,9-11,17H,1-2,6,8H2. The summed E-state index contributed by atoms with van der Waals surface area (Å²) in [5.74, 6) is -0.195. The lowest BCUT2D eigenvalue weighted by Crippen LogP contribution is -2.10. The molecule has 0 amide bonds. The van der Waals surface area contributed by atoms with Gasteiger partial charge in [-0.3, -0.25) is 0 Å². The number of benzene rings is 2. The molecule has 1 aliphatic heterocycles. The summed E-state index contributed by atoms with van der Waals surface area (Å²) in [6.45, 7) is 0. The average molecular weight is 264 g/mol. The molecular weight excluding hydrogens is 248 g/mol. The van der Waals surface area contributed by atoms with Crippen molar-refractivity contribution in [3.8, 4) is 0 Å². The van der Waals surface area contributed by atoms with Crippen LogP contribution in [0.3, 0.4) is 0 Å². The highest BCUT2D eigenvalue weighted by Gasteiger charge is 2.33. The van der Waals surface area contributed by atoms with Crippen LogP contribution in [0, 0.1) is 0 Å². The van der Waals surface area contributed by atoms with Gasteiger partial charge in [0, 0.05) is 11.1 Å². The van der Waals surface area contributed by atoms with Gasteiger partial charge in [0.25, 0.3) is 0 Å². The maximum Gasteiger partial charge on any atom is 0.339 e. The van der Waals surface area contributed by atoms with E-state index in [1.165, 1.54) is 29.5 Å². The van der Waals surface area contributed by atoms with Crippen molar-refractivity contribution < 1.29 is 9.53 Å². The van der Waals surface area contributed by atoms with E-state index >= 15 is 0 Å². The summed E-state index contributed by atoms with van der Waals surface area (Å²) >= 11 is 0. The van der Waals surface area contributed by atoms with E-state index in [0.29, 0.717) is 5.56 Å². The van der Waals surface area contributed by atoms with Crippen LogP contribution in [0.2, 0.25) is 0 Å². The maximum atomic E-state index is 12.0. The Labute approximate surface area is 118 Å². The summed E-state index contributed by atoms with van der Waals surface area (Å²) < 4.78 is 5.64. The van der Waals surface area contributed by atoms with Crippen molar-refractivity contribution in [3.05, 3.63) is 70.3 Å². The maximum absolute atomic E-state index is 12.0. The molecule has 0 N–H and O–H groups in total. The van der Waals surface area contributed by atoms with Gasteiger partial charge in [0.05, 0.1) is 5.56 Å². The van der Waals surface area contributed by atoms with Crippen LogP contribution in [0.5, 0.6) is 0 Å². The fraction of sp³-hybridized carbons (Fsp3) is 0.278. The summed E-state index contributed by atoms with van der Waals surface area (Å²) in [5, 5.41) is 0. The highest BCUT2D eigenvalue weighted by Crippen LogP contribution is 2.39. The van der Waals surface area contributed by atoms with Crippen molar-refractivity contribution >= 4 is 5.97 Å². The number of fused-ring (bicyclic) bond motifs is 2. The molecule has 0 spiro atoms. The lowest BCUT2D eigenvalue weighted by Gasteiger charge is -2.22. The van der Waals surface area contributed by atoms with Crippen LogP contribution >= 0.6 is 0 Å². The zero-order valence-electron chi connectivity index (χ0n) is 11.3. The summed E-state index contributed by atoms with van der Waals surface area (Å²) in [6, 6.07) is 14.1. The van der Waals surface area contributed by atoms with Gasteiger partial charge in [-0.15, -0.1) is 0 Å². The number of rotatable bonds is 1. The molecule has 1 unspecified atom stereocenters. The number of aryl methyl sites for hydroxylation is 1. The number of carbonyl (C=O) groups excluding carboxylic acids is 1. The van der Waals surface area contributed by atoms with Crippen molar-refractivity contribution in [2.75, 3.05) is 0 Å². The lowest BCUT2D eigenvalue weighted by molar-refractivity contribution is 0.0454. The van der Waals surface area contributed by atoms with Crippen LogP contribution in [0.25, 0.3) is 0 Å². The number of ether oxygens (including phenoxy) is 1. The van der Waals surface area contributed by atoms with E-state index in [0.717, 1.165) is 18.4 Å². The van der Waals surface area contributed by atoms with Crippen LogP contribution in [0.15, 0.2) is 42.5 Å². The SMILES string of the molecule is O=C1OC(c2cccc3c2CCCC3)c2ccccc21. The third kappa shape index (κ3) is 1.68. The molecule has 1 atom stereocenters. The molecule has 0 radical (unpaired) electrons. The highest BCUT2D eigenvalue weighted by atomic mass is 16.5. The molecule has 1 aliphatic carbocycles. The van der Waals surface area contributed by atoms with Gasteiger partial charge in [0.2, 0.25) is 0 Å². The zero-order chi connectivity index (χ0) is 13.5. The second-order valence-corrected chi connectivity index (χ2v) is 5.56. The van der Waals surface area contributed by atoms with Gasteiger partial charge in [-0.25, -0.2) is 4.79 Å². The Morgan fingerprint density at radius 3 is 2.65 bits per heavy atom. The molecule has 0 saturated carbocycles.